The van der Waals surface area contributed by atoms with Crippen LogP contribution in [0.3, 0.4) is 0 Å². The summed E-state index contributed by atoms with van der Waals surface area (Å²) in [6.45, 7) is 4.49. The van der Waals surface area contributed by atoms with Crippen molar-refractivity contribution < 1.29 is 4.74 Å². The van der Waals surface area contributed by atoms with Crippen molar-refractivity contribution in [1.29, 1.82) is 0 Å². The van der Waals surface area contributed by atoms with Gasteiger partial charge in [0.25, 0.3) is 0 Å². The third-order valence-electron chi connectivity index (χ3n) is 1.17. The summed E-state index contributed by atoms with van der Waals surface area (Å²) in [6, 6.07) is 9.78. The first-order chi connectivity index (χ1) is 5.29. The van der Waals surface area contributed by atoms with E-state index in [1.807, 2.05) is 30.3 Å². The summed E-state index contributed by atoms with van der Waals surface area (Å²) in [5.74, 6) is 0.915. The summed E-state index contributed by atoms with van der Waals surface area (Å²) in [7, 11) is 0. The van der Waals surface area contributed by atoms with Crippen LogP contribution < -0.4 is 4.74 Å². The Labute approximate surface area is 80.9 Å². The molecule has 1 unspecified atom stereocenters. The SMILES string of the molecule is [CH2-]C(I)COc1ccccc1.[Rf]. The van der Waals surface area contributed by atoms with E-state index in [4.69, 9.17) is 4.74 Å². The van der Waals surface area contributed by atoms with Gasteiger partial charge in [-0.3, -0.25) is 0 Å². The van der Waals surface area contributed by atoms with Gasteiger partial charge in [-0.2, -0.15) is 0 Å². The van der Waals surface area contributed by atoms with Gasteiger partial charge in [-0.05, 0) is 12.1 Å². The third-order valence-corrected chi connectivity index (χ3v) is 1.53. The maximum absolute atomic E-state index is 5.40. The fourth-order valence-electron chi connectivity index (χ4n) is 0.703. The number of hydrogen-bond acceptors (Lipinski definition) is 1. The largest absolute Gasteiger partial charge is 0.495 e. The van der Waals surface area contributed by atoms with Gasteiger partial charge in [0, 0.05) is 0 Å². The first-order valence-electron chi connectivity index (χ1n) is 3.44. The van der Waals surface area contributed by atoms with Crippen LogP contribution in [0.25, 0.3) is 0 Å². The van der Waals surface area contributed by atoms with Crippen LogP contribution in [0.5, 0.6) is 5.75 Å². The Hall–Kier alpha value is -1.25. The molecule has 0 aromatic heterocycles. The van der Waals surface area contributed by atoms with E-state index in [2.05, 4.69) is 29.5 Å². The van der Waals surface area contributed by atoms with Gasteiger partial charge in [0.2, 0.25) is 0 Å². The summed E-state index contributed by atoms with van der Waals surface area (Å²) in [6.07, 6.45) is 0. The molecule has 0 aliphatic rings. The van der Waals surface area contributed by atoms with E-state index >= 15 is 0 Å². The smallest absolute Gasteiger partial charge is 0.119 e. The number of rotatable bonds is 3. The van der Waals surface area contributed by atoms with E-state index < -0.39 is 0 Å². The molecule has 0 bridgehead atoms. The zero-order valence-electron chi connectivity index (χ0n) is 6.87. The van der Waals surface area contributed by atoms with E-state index in [0.717, 1.165) is 5.75 Å². The van der Waals surface area contributed by atoms with Crippen molar-refractivity contribution in [3.8, 4) is 5.75 Å². The normalized spacial score (nSPS) is 11.5. The molecule has 1 aromatic carbocycles. The summed E-state index contributed by atoms with van der Waals surface area (Å²) in [5.41, 5.74) is 0. The molecule has 62 valence electrons. The van der Waals surface area contributed by atoms with Crippen molar-refractivity contribution in [2.75, 3.05) is 6.61 Å². The number of halogens is 1. The summed E-state index contributed by atoms with van der Waals surface area (Å²) >= 11 is 2.23. The first-order valence-corrected chi connectivity index (χ1v) is 4.68. The van der Waals surface area contributed by atoms with E-state index in [1.165, 1.54) is 0 Å². The average Bonchev–Trinajstić information content (AvgIpc) is 2.03. The Morgan fingerprint density at radius 3 is 2.42 bits per heavy atom. The van der Waals surface area contributed by atoms with Gasteiger partial charge in [-0.1, -0.05) is 22.1 Å². The van der Waals surface area contributed by atoms with Crippen LogP contribution in [0.1, 0.15) is 0 Å². The minimum Gasteiger partial charge on any atom is -0.495 e. The molecule has 0 radical (unpaired) electrons. The predicted octanol–water partition coefficient (Wildman–Crippen LogP) is 2.70. The second-order valence-electron chi connectivity index (χ2n) is 2.22. The standard InChI is InChI=1S/C9H10IO.Rf/c1-8(10)7-11-9-5-3-2-4-6-9;/h2-6,8H,1,7H2;/q-1;. The molecule has 0 fully saturated rings. The maximum Gasteiger partial charge on any atom is 0.119 e. The van der Waals surface area contributed by atoms with Crippen molar-refractivity contribution in [3.63, 3.8) is 0 Å². The van der Waals surface area contributed by atoms with E-state index in [-0.39, 0.29) is 0 Å². The molecule has 12 heavy (non-hydrogen) atoms. The van der Waals surface area contributed by atoms with Crippen LogP contribution in [-0.2, 0) is 0 Å². The molecule has 0 aliphatic heterocycles. The minimum atomic E-state index is 0. The Kier molecular flexibility index (Phi) is 4.84. The van der Waals surface area contributed by atoms with E-state index in [9.17, 15) is 0 Å². The summed E-state index contributed by atoms with van der Waals surface area (Å²) in [5, 5.41) is 0. The number of hydrogen-bond donors (Lipinski definition) is 0. The molecule has 1 rings (SSSR count). The predicted molar refractivity (Wildman–Crippen MR) is 55.1 cm³/mol. The van der Waals surface area contributed by atoms with Gasteiger partial charge in [0.15, 0.2) is 0 Å². The molecular formula is C9H10IORf-. The van der Waals surface area contributed by atoms with Crippen LogP contribution >= 0.6 is 22.6 Å². The minimum absolute atomic E-state index is 0. The van der Waals surface area contributed by atoms with Crippen molar-refractivity contribution in [1.82, 2.24) is 0 Å². The van der Waals surface area contributed by atoms with Gasteiger partial charge in [0.05, 0.1) is 6.61 Å². The van der Waals surface area contributed by atoms with Crippen molar-refractivity contribution in [2.45, 2.75) is 3.92 Å². The van der Waals surface area contributed by atoms with Crippen LogP contribution in [0.2, 0.25) is 0 Å². The molecular weight excluding hydrogens is 518 g/mol. The third kappa shape index (κ3) is 3.81. The van der Waals surface area contributed by atoms with Crippen molar-refractivity contribution in [2.24, 2.45) is 0 Å². The quantitative estimate of drug-likeness (QED) is 0.334. The molecule has 0 saturated carbocycles. The van der Waals surface area contributed by atoms with E-state index in [0.29, 0.717) is 10.5 Å². The number of alkyl halides is 1. The number of benzene rings is 1. The van der Waals surface area contributed by atoms with Crippen LogP contribution in [-0.4, -0.2) is 10.5 Å². The van der Waals surface area contributed by atoms with Crippen molar-refractivity contribution in [3.05, 3.63) is 37.3 Å². The van der Waals surface area contributed by atoms with Crippen LogP contribution in [0.15, 0.2) is 30.3 Å². The molecule has 1 aromatic rings. The monoisotopic (exact) mass is 528 g/mol. The van der Waals surface area contributed by atoms with Gasteiger partial charge < -0.3 is 11.7 Å². The van der Waals surface area contributed by atoms with Gasteiger partial charge in [-0.15, -0.1) is 22.6 Å². The van der Waals surface area contributed by atoms with Crippen LogP contribution in [0, 0.1) is 6.92 Å². The molecule has 0 amide bonds. The van der Waals surface area contributed by atoms with Gasteiger partial charge in [0.1, 0.15) is 5.75 Å². The molecule has 3 heteroatoms. The number of para-hydroxylation sites is 1. The Morgan fingerprint density at radius 1 is 1.33 bits per heavy atom. The average molecular weight is 528 g/mol. The molecule has 0 N–H and O–H groups in total. The molecule has 1 atom stereocenters. The second kappa shape index (κ2) is 5.41. The Bertz CT molecular complexity index is 201. The van der Waals surface area contributed by atoms with E-state index in [1.54, 1.807) is 0 Å². The van der Waals surface area contributed by atoms with Gasteiger partial charge >= 0.3 is 0 Å². The molecule has 0 spiro atoms. The summed E-state index contributed by atoms with van der Waals surface area (Å²) < 4.78 is 5.71. The Balaban J connectivity index is 0.00000121. The zero-order chi connectivity index (χ0) is 8.10. The molecule has 1 nitrogen and oxygen atoms in total. The molecule has 0 heterocycles. The fourth-order valence-corrected chi connectivity index (χ4v) is 0.883. The zero-order valence-corrected chi connectivity index (χ0v) is 15.4. The summed E-state index contributed by atoms with van der Waals surface area (Å²) in [4.78, 5) is 0. The van der Waals surface area contributed by atoms with Crippen molar-refractivity contribution >= 4 is 22.6 Å². The van der Waals surface area contributed by atoms with Gasteiger partial charge in [-0.25, -0.2) is 0 Å². The first kappa shape index (κ1) is 10.8. The molecule has 0 saturated heterocycles. The maximum atomic E-state index is 5.40. The Morgan fingerprint density at radius 2 is 1.92 bits per heavy atom. The topological polar surface area (TPSA) is 9.23 Å². The fraction of sp³-hybridized carbons (Fsp3) is 0.222. The molecule has 0 aliphatic carbocycles. The van der Waals surface area contributed by atoms with Crippen LogP contribution in [0.4, 0.5) is 0 Å². The second-order valence-corrected chi connectivity index (χ2v) is 3.98. The number of ether oxygens (including phenoxy) is 1.